The van der Waals surface area contributed by atoms with Gasteiger partial charge >= 0.3 is 0 Å². The first kappa shape index (κ1) is 11.2. The molecule has 0 saturated carbocycles. The number of aryl methyl sites for hydroxylation is 1. The third-order valence-corrected chi connectivity index (χ3v) is 3.41. The number of hydrogen-bond acceptors (Lipinski definition) is 1. The van der Waals surface area contributed by atoms with Crippen LogP contribution in [0.4, 0.5) is 0 Å². The molecule has 0 atom stereocenters. The highest BCUT2D eigenvalue weighted by atomic mass is 79.9. The molecule has 16 heavy (non-hydrogen) atoms. The van der Waals surface area contributed by atoms with Crippen molar-refractivity contribution in [1.29, 1.82) is 0 Å². The molecule has 0 amide bonds. The Bertz CT molecular complexity index is 465. The summed E-state index contributed by atoms with van der Waals surface area (Å²) in [5.74, 6) is 0.892. The third kappa shape index (κ3) is 2.64. The van der Waals surface area contributed by atoms with Gasteiger partial charge in [0.15, 0.2) is 0 Å². The van der Waals surface area contributed by atoms with Crippen molar-refractivity contribution in [3.05, 3.63) is 64.1 Å². The lowest BCUT2D eigenvalue weighted by Crippen LogP contribution is -1.96. The van der Waals surface area contributed by atoms with Gasteiger partial charge < -0.3 is 4.74 Å². The SMILES string of the molecule is Cc1cccc(OCc2ccccc2)c1Br. The minimum Gasteiger partial charge on any atom is -0.488 e. The second kappa shape index (κ2) is 5.17. The maximum atomic E-state index is 5.76. The molecule has 0 unspecified atom stereocenters. The van der Waals surface area contributed by atoms with Crippen molar-refractivity contribution in [3.8, 4) is 5.75 Å². The lowest BCUT2D eigenvalue weighted by atomic mass is 10.2. The maximum absolute atomic E-state index is 5.76. The Balaban J connectivity index is 2.08. The molecule has 0 bridgehead atoms. The lowest BCUT2D eigenvalue weighted by Gasteiger charge is -2.09. The average Bonchev–Trinajstić information content (AvgIpc) is 2.32. The Morgan fingerprint density at radius 3 is 2.50 bits per heavy atom. The minimum atomic E-state index is 0.600. The fourth-order valence-electron chi connectivity index (χ4n) is 1.47. The van der Waals surface area contributed by atoms with E-state index in [0.29, 0.717) is 6.61 Å². The summed E-state index contributed by atoms with van der Waals surface area (Å²) in [6, 6.07) is 16.2. The first-order valence-corrected chi connectivity index (χ1v) is 5.98. The monoisotopic (exact) mass is 276 g/mol. The first-order chi connectivity index (χ1) is 7.77. The Hall–Kier alpha value is -1.28. The molecule has 1 nitrogen and oxygen atoms in total. The number of ether oxygens (including phenoxy) is 1. The lowest BCUT2D eigenvalue weighted by molar-refractivity contribution is 0.304. The van der Waals surface area contributed by atoms with Gasteiger partial charge in [-0.05, 0) is 40.0 Å². The zero-order valence-electron chi connectivity index (χ0n) is 9.11. The number of halogens is 1. The summed E-state index contributed by atoms with van der Waals surface area (Å²) in [5, 5.41) is 0. The van der Waals surface area contributed by atoms with Crippen molar-refractivity contribution in [2.45, 2.75) is 13.5 Å². The minimum absolute atomic E-state index is 0.600. The Morgan fingerprint density at radius 2 is 1.75 bits per heavy atom. The van der Waals surface area contributed by atoms with Gasteiger partial charge in [0.25, 0.3) is 0 Å². The van der Waals surface area contributed by atoms with E-state index >= 15 is 0 Å². The van der Waals surface area contributed by atoms with E-state index in [2.05, 4.69) is 41.1 Å². The first-order valence-electron chi connectivity index (χ1n) is 5.19. The van der Waals surface area contributed by atoms with Gasteiger partial charge in [0.2, 0.25) is 0 Å². The Kier molecular flexibility index (Phi) is 3.62. The molecule has 2 rings (SSSR count). The predicted molar refractivity (Wildman–Crippen MR) is 69.7 cm³/mol. The largest absolute Gasteiger partial charge is 0.488 e. The summed E-state index contributed by atoms with van der Waals surface area (Å²) < 4.78 is 6.79. The van der Waals surface area contributed by atoms with Crippen molar-refractivity contribution >= 4 is 15.9 Å². The Labute approximate surface area is 104 Å². The quantitative estimate of drug-likeness (QED) is 0.811. The molecule has 2 aromatic carbocycles. The smallest absolute Gasteiger partial charge is 0.134 e. The van der Waals surface area contributed by atoms with Crippen LogP contribution in [0.5, 0.6) is 5.75 Å². The molecular formula is C14H13BrO. The molecule has 0 fully saturated rings. The van der Waals surface area contributed by atoms with Gasteiger partial charge in [-0.2, -0.15) is 0 Å². The highest BCUT2D eigenvalue weighted by molar-refractivity contribution is 9.10. The normalized spacial score (nSPS) is 10.1. The maximum Gasteiger partial charge on any atom is 0.134 e. The molecule has 0 aliphatic carbocycles. The molecule has 0 N–H and O–H groups in total. The van der Waals surface area contributed by atoms with E-state index in [-0.39, 0.29) is 0 Å². The van der Waals surface area contributed by atoms with Crippen LogP contribution in [0, 0.1) is 6.92 Å². The molecule has 0 saturated heterocycles. The van der Waals surface area contributed by atoms with Crippen LogP contribution >= 0.6 is 15.9 Å². The molecule has 0 radical (unpaired) electrons. The summed E-state index contributed by atoms with van der Waals surface area (Å²) in [7, 11) is 0. The van der Waals surface area contributed by atoms with Crippen LogP contribution in [0.3, 0.4) is 0 Å². The van der Waals surface area contributed by atoms with Crippen LogP contribution in [0.1, 0.15) is 11.1 Å². The van der Waals surface area contributed by atoms with Crippen LogP contribution in [-0.4, -0.2) is 0 Å². The van der Waals surface area contributed by atoms with Crippen LogP contribution < -0.4 is 4.74 Å². The van der Waals surface area contributed by atoms with E-state index in [1.807, 2.05) is 30.3 Å². The standard InChI is InChI=1S/C14H13BrO/c1-11-6-5-9-13(14(11)15)16-10-12-7-3-2-4-8-12/h2-9H,10H2,1H3. The van der Waals surface area contributed by atoms with E-state index in [0.717, 1.165) is 10.2 Å². The van der Waals surface area contributed by atoms with Crippen molar-refractivity contribution in [2.24, 2.45) is 0 Å². The van der Waals surface area contributed by atoms with Crippen molar-refractivity contribution in [3.63, 3.8) is 0 Å². The highest BCUT2D eigenvalue weighted by Gasteiger charge is 2.03. The van der Waals surface area contributed by atoms with Gasteiger partial charge in [0, 0.05) is 0 Å². The summed E-state index contributed by atoms with van der Waals surface area (Å²) in [6.07, 6.45) is 0. The van der Waals surface area contributed by atoms with Crippen molar-refractivity contribution in [2.75, 3.05) is 0 Å². The van der Waals surface area contributed by atoms with E-state index in [9.17, 15) is 0 Å². The molecule has 0 spiro atoms. The van der Waals surface area contributed by atoms with Crippen LogP contribution in [0.15, 0.2) is 53.0 Å². The van der Waals surface area contributed by atoms with E-state index in [1.54, 1.807) is 0 Å². The van der Waals surface area contributed by atoms with Gasteiger partial charge in [0.1, 0.15) is 12.4 Å². The third-order valence-electron chi connectivity index (χ3n) is 2.39. The second-order valence-electron chi connectivity index (χ2n) is 3.66. The molecule has 0 aliphatic rings. The van der Waals surface area contributed by atoms with Gasteiger partial charge in [-0.15, -0.1) is 0 Å². The van der Waals surface area contributed by atoms with Gasteiger partial charge in [-0.3, -0.25) is 0 Å². The Morgan fingerprint density at radius 1 is 1.00 bits per heavy atom. The molecule has 2 aromatic rings. The summed E-state index contributed by atoms with van der Waals surface area (Å²) >= 11 is 3.53. The van der Waals surface area contributed by atoms with Crippen molar-refractivity contribution in [1.82, 2.24) is 0 Å². The van der Waals surface area contributed by atoms with E-state index in [4.69, 9.17) is 4.74 Å². The molecular weight excluding hydrogens is 264 g/mol. The zero-order valence-corrected chi connectivity index (χ0v) is 10.7. The summed E-state index contributed by atoms with van der Waals surface area (Å²) in [4.78, 5) is 0. The molecule has 82 valence electrons. The van der Waals surface area contributed by atoms with Crippen LogP contribution in [0.2, 0.25) is 0 Å². The molecule has 0 aliphatic heterocycles. The fraction of sp³-hybridized carbons (Fsp3) is 0.143. The van der Waals surface area contributed by atoms with Gasteiger partial charge in [0.05, 0.1) is 4.47 Å². The summed E-state index contributed by atoms with van der Waals surface area (Å²) in [6.45, 7) is 2.66. The van der Waals surface area contributed by atoms with E-state index < -0.39 is 0 Å². The number of rotatable bonds is 3. The highest BCUT2D eigenvalue weighted by Crippen LogP contribution is 2.28. The topological polar surface area (TPSA) is 9.23 Å². The number of hydrogen-bond donors (Lipinski definition) is 0. The molecule has 2 heteroatoms. The van der Waals surface area contributed by atoms with Crippen LogP contribution in [0.25, 0.3) is 0 Å². The molecule has 0 aromatic heterocycles. The molecule has 0 heterocycles. The summed E-state index contributed by atoms with van der Waals surface area (Å²) in [5.41, 5.74) is 2.36. The van der Waals surface area contributed by atoms with E-state index in [1.165, 1.54) is 11.1 Å². The average molecular weight is 277 g/mol. The zero-order chi connectivity index (χ0) is 11.4. The number of benzene rings is 2. The van der Waals surface area contributed by atoms with Crippen molar-refractivity contribution < 1.29 is 4.74 Å². The predicted octanol–water partition coefficient (Wildman–Crippen LogP) is 4.34. The van der Waals surface area contributed by atoms with Gasteiger partial charge in [-0.25, -0.2) is 0 Å². The van der Waals surface area contributed by atoms with Gasteiger partial charge in [-0.1, -0.05) is 42.5 Å². The second-order valence-corrected chi connectivity index (χ2v) is 4.45. The fourth-order valence-corrected chi connectivity index (χ4v) is 1.85. The van der Waals surface area contributed by atoms with Crippen LogP contribution in [-0.2, 0) is 6.61 Å².